The van der Waals surface area contributed by atoms with Crippen LogP contribution in [0.2, 0.25) is 10.0 Å². The van der Waals surface area contributed by atoms with Crippen LogP contribution in [0.4, 0.5) is 0 Å². The number of hydrogen-bond donors (Lipinski definition) is 1. The molecular weight excluding hydrogens is 241 g/mol. The summed E-state index contributed by atoms with van der Waals surface area (Å²) in [6.45, 7) is 6.52. The van der Waals surface area contributed by atoms with E-state index in [1.165, 1.54) is 0 Å². The van der Waals surface area contributed by atoms with Gasteiger partial charge >= 0.3 is 0 Å². The van der Waals surface area contributed by atoms with E-state index in [4.69, 9.17) is 23.2 Å². The molecule has 90 valence electrons. The number of nitrogens with one attached hydrogen (secondary N) is 1. The summed E-state index contributed by atoms with van der Waals surface area (Å²) in [6, 6.07) is 6.51. The highest BCUT2D eigenvalue weighted by Crippen LogP contribution is 2.28. The van der Waals surface area contributed by atoms with Crippen LogP contribution in [0.1, 0.15) is 45.2 Å². The molecular formula is C13H19Cl2N. The van der Waals surface area contributed by atoms with Gasteiger partial charge in [0, 0.05) is 22.1 Å². The van der Waals surface area contributed by atoms with Gasteiger partial charge in [0.15, 0.2) is 0 Å². The minimum atomic E-state index is 0.305. The zero-order valence-electron chi connectivity index (χ0n) is 10.1. The minimum absolute atomic E-state index is 0.305. The van der Waals surface area contributed by atoms with E-state index < -0.39 is 0 Å². The van der Waals surface area contributed by atoms with Gasteiger partial charge in [-0.25, -0.2) is 0 Å². The van der Waals surface area contributed by atoms with Crippen molar-refractivity contribution < 1.29 is 0 Å². The van der Waals surface area contributed by atoms with Crippen molar-refractivity contribution in [2.45, 2.75) is 45.7 Å². The molecule has 2 atom stereocenters. The standard InChI is InChI=1S/C13H19Cl2N/c1-4-9(3)16-13(5-2)11-7-6-10(14)8-12(11)15/h6-9,13,16H,4-5H2,1-3H3. The SMILES string of the molecule is CCC(C)NC(CC)c1ccc(Cl)cc1Cl. The second-order valence-electron chi connectivity index (χ2n) is 4.10. The Morgan fingerprint density at radius 2 is 1.88 bits per heavy atom. The van der Waals surface area contributed by atoms with Crippen LogP contribution < -0.4 is 5.32 Å². The first-order valence-electron chi connectivity index (χ1n) is 5.79. The van der Waals surface area contributed by atoms with E-state index in [-0.39, 0.29) is 0 Å². The zero-order chi connectivity index (χ0) is 12.1. The van der Waals surface area contributed by atoms with Crippen LogP contribution in [0.15, 0.2) is 18.2 Å². The lowest BCUT2D eigenvalue weighted by atomic mass is 10.0. The third kappa shape index (κ3) is 3.65. The van der Waals surface area contributed by atoms with Crippen molar-refractivity contribution in [3.05, 3.63) is 33.8 Å². The van der Waals surface area contributed by atoms with Gasteiger partial charge in [0.2, 0.25) is 0 Å². The fraction of sp³-hybridized carbons (Fsp3) is 0.538. The molecule has 1 nitrogen and oxygen atoms in total. The maximum Gasteiger partial charge on any atom is 0.0468 e. The Labute approximate surface area is 108 Å². The monoisotopic (exact) mass is 259 g/mol. The van der Waals surface area contributed by atoms with Crippen molar-refractivity contribution in [1.29, 1.82) is 0 Å². The Bertz CT molecular complexity index is 339. The van der Waals surface area contributed by atoms with Crippen molar-refractivity contribution in [3.8, 4) is 0 Å². The molecule has 0 aliphatic rings. The van der Waals surface area contributed by atoms with E-state index in [2.05, 4.69) is 26.1 Å². The quantitative estimate of drug-likeness (QED) is 0.799. The van der Waals surface area contributed by atoms with Gasteiger partial charge in [-0.3, -0.25) is 0 Å². The first-order valence-corrected chi connectivity index (χ1v) is 6.55. The molecule has 0 radical (unpaired) electrons. The molecule has 0 bridgehead atoms. The van der Waals surface area contributed by atoms with E-state index >= 15 is 0 Å². The molecule has 0 fully saturated rings. The van der Waals surface area contributed by atoms with Crippen LogP contribution in [0.25, 0.3) is 0 Å². The summed E-state index contributed by atoms with van der Waals surface area (Å²) >= 11 is 12.1. The molecule has 0 aliphatic carbocycles. The number of hydrogen-bond acceptors (Lipinski definition) is 1. The zero-order valence-corrected chi connectivity index (χ0v) is 11.6. The second-order valence-corrected chi connectivity index (χ2v) is 4.95. The minimum Gasteiger partial charge on any atom is -0.307 e. The summed E-state index contributed by atoms with van der Waals surface area (Å²) in [5.41, 5.74) is 1.13. The Hall–Kier alpha value is -0.240. The van der Waals surface area contributed by atoms with Gasteiger partial charge in [-0.05, 0) is 37.5 Å². The van der Waals surface area contributed by atoms with Crippen LogP contribution in [0.5, 0.6) is 0 Å². The molecule has 0 aromatic heterocycles. The summed E-state index contributed by atoms with van der Waals surface area (Å²) in [5, 5.41) is 5.00. The topological polar surface area (TPSA) is 12.0 Å². The molecule has 1 rings (SSSR count). The molecule has 3 heteroatoms. The lowest BCUT2D eigenvalue weighted by molar-refractivity contribution is 0.437. The molecule has 1 aromatic rings. The Morgan fingerprint density at radius 3 is 2.38 bits per heavy atom. The highest BCUT2D eigenvalue weighted by molar-refractivity contribution is 6.35. The Kier molecular flexibility index (Phi) is 5.60. The van der Waals surface area contributed by atoms with E-state index in [0.717, 1.165) is 23.4 Å². The van der Waals surface area contributed by atoms with Crippen molar-refractivity contribution in [3.63, 3.8) is 0 Å². The average molecular weight is 260 g/mol. The molecule has 1 N–H and O–H groups in total. The van der Waals surface area contributed by atoms with Crippen LogP contribution in [0.3, 0.4) is 0 Å². The van der Waals surface area contributed by atoms with Gasteiger partial charge in [0.25, 0.3) is 0 Å². The molecule has 0 saturated carbocycles. The molecule has 0 spiro atoms. The van der Waals surface area contributed by atoms with Gasteiger partial charge in [0.1, 0.15) is 0 Å². The van der Waals surface area contributed by atoms with Crippen molar-refractivity contribution >= 4 is 23.2 Å². The van der Waals surface area contributed by atoms with Gasteiger partial charge in [-0.1, -0.05) is 43.1 Å². The van der Waals surface area contributed by atoms with Gasteiger partial charge in [0.05, 0.1) is 0 Å². The third-order valence-electron chi connectivity index (χ3n) is 2.84. The van der Waals surface area contributed by atoms with Crippen molar-refractivity contribution in [2.75, 3.05) is 0 Å². The van der Waals surface area contributed by atoms with Crippen LogP contribution >= 0.6 is 23.2 Å². The molecule has 0 heterocycles. The van der Waals surface area contributed by atoms with Crippen molar-refractivity contribution in [2.24, 2.45) is 0 Å². The van der Waals surface area contributed by atoms with E-state index in [0.29, 0.717) is 17.1 Å². The first kappa shape index (κ1) is 13.8. The van der Waals surface area contributed by atoms with Crippen LogP contribution in [-0.2, 0) is 0 Å². The second kappa shape index (κ2) is 6.48. The van der Waals surface area contributed by atoms with Crippen molar-refractivity contribution in [1.82, 2.24) is 5.32 Å². The fourth-order valence-electron chi connectivity index (χ4n) is 1.67. The number of rotatable bonds is 5. The predicted octanol–water partition coefficient (Wildman–Crippen LogP) is 4.83. The summed E-state index contributed by atoms with van der Waals surface area (Å²) in [7, 11) is 0. The van der Waals surface area contributed by atoms with E-state index in [1.54, 1.807) is 6.07 Å². The predicted molar refractivity (Wildman–Crippen MR) is 72.4 cm³/mol. The van der Waals surface area contributed by atoms with E-state index in [9.17, 15) is 0 Å². The molecule has 1 aromatic carbocycles. The molecule has 2 unspecified atom stereocenters. The number of benzene rings is 1. The lowest BCUT2D eigenvalue weighted by Gasteiger charge is -2.22. The third-order valence-corrected chi connectivity index (χ3v) is 3.41. The highest BCUT2D eigenvalue weighted by Gasteiger charge is 2.14. The van der Waals surface area contributed by atoms with Gasteiger partial charge in [-0.15, -0.1) is 0 Å². The summed E-state index contributed by atoms with van der Waals surface area (Å²) in [4.78, 5) is 0. The van der Waals surface area contributed by atoms with Crippen LogP contribution in [0, 0.1) is 0 Å². The molecule has 0 saturated heterocycles. The van der Waals surface area contributed by atoms with Gasteiger partial charge in [-0.2, -0.15) is 0 Å². The lowest BCUT2D eigenvalue weighted by Crippen LogP contribution is -2.29. The van der Waals surface area contributed by atoms with Crippen LogP contribution in [-0.4, -0.2) is 6.04 Å². The molecule has 16 heavy (non-hydrogen) atoms. The summed E-state index contributed by atoms with van der Waals surface area (Å²) in [5.74, 6) is 0. The molecule has 0 amide bonds. The maximum absolute atomic E-state index is 6.21. The van der Waals surface area contributed by atoms with Gasteiger partial charge < -0.3 is 5.32 Å². The normalized spacial score (nSPS) is 14.8. The Balaban J connectivity index is 2.86. The smallest absolute Gasteiger partial charge is 0.0468 e. The average Bonchev–Trinajstić information content (AvgIpc) is 2.26. The largest absolute Gasteiger partial charge is 0.307 e. The summed E-state index contributed by atoms with van der Waals surface area (Å²) in [6.07, 6.45) is 2.13. The fourth-order valence-corrected chi connectivity index (χ4v) is 2.21. The van der Waals surface area contributed by atoms with E-state index in [1.807, 2.05) is 12.1 Å². The highest BCUT2D eigenvalue weighted by atomic mass is 35.5. The molecule has 0 aliphatic heterocycles. The summed E-state index contributed by atoms with van der Waals surface area (Å²) < 4.78 is 0. The maximum atomic E-state index is 6.21. The Morgan fingerprint density at radius 1 is 1.19 bits per heavy atom. The first-order chi connectivity index (χ1) is 7.58. The number of halogens is 2.